The van der Waals surface area contributed by atoms with Crippen molar-refractivity contribution in [2.45, 2.75) is 0 Å². The number of halogens is 1. The van der Waals surface area contributed by atoms with E-state index in [9.17, 15) is 10.1 Å². The van der Waals surface area contributed by atoms with Crippen LogP contribution >= 0.6 is 15.9 Å². The summed E-state index contributed by atoms with van der Waals surface area (Å²) in [6.07, 6.45) is 0. The van der Waals surface area contributed by atoms with Gasteiger partial charge in [-0.05, 0) is 54.6 Å². The molecule has 0 aliphatic rings. The molecule has 1 heterocycles. The number of carbonyl (C=O) groups excluding carboxylic acids is 1. The number of ether oxygens (including phenoxy) is 2. The van der Waals surface area contributed by atoms with Gasteiger partial charge in [0.25, 0.3) is 0 Å². The summed E-state index contributed by atoms with van der Waals surface area (Å²) in [7, 11) is 1.60. The van der Waals surface area contributed by atoms with E-state index in [4.69, 9.17) is 13.9 Å². The van der Waals surface area contributed by atoms with E-state index in [-0.39, 0.29) is 0 Å². The fourth-order valence-corrected chi connectivity index (χ4v) is 4.30. The van der Waals surface area contributed by atoms with Gasteiger partial charge in [-0.3, -0.25) is 0 Å². The second-order valence-corrected chi connectivity index (χ2v) is 9.02. The molecule has 1 aromatic heterocycles. The smallest absolute Gasteiger partial charge is 0.343 e. The zero-order chi connectivity index (χ0) is 25.8. The topological polar surface area (TPSA) is 72.5 Å². The molecule has 0 saturated carbocycles. The number of carbonyl (C=O) groups is 1. The quantitative estimate of drug-likeness (QED) is 0.158. The molecular weight excluding hydrogens is 530 g/mol. The van der Waals surface area contributed by atoms with Crippen molar-refractivity contribution < 1.29 is 18.7 Å². The van der Waals surface area contributed by atoms with E-state index >= 15 is 0 Å². The number of rotatable bonds is 6. The van der Waals surface area contributed by atoms with Gasteiger partial charge in [-0.1, -0.05) is 64.5 Å². The van der Waals surface area contributed by atoms with Gasteiger partial charge in [0.05, 0.1) is 18.2 Å². The largest absolute Gasteiger partial charge is 0.497 e. The SMILES string of the molecule is COc1ccc(-c2oc(-c3ccccc3)c(C#N)c2-c2ccccc2OC(=O)c2ccc(Br)cc2)cc1. The van der Waals surface area contributed by atoms with Crippen molar-refractivity contribution in [3.63, 3.8) is 0 Å². The van der Waals surface area contributed by atoms with Gasteiger partial charge in [-0.15, -0.1) is 0 Å². The summed E-state index contributed by atoms with van der Waals surface area (Å²) in [4.78, 5) is 13.0. The molecule has 6 heteroatoms. The Morgan fingerprint density at radius 2 is 1.46 bits per heavy atom. The lowest BCUT2D eigenvalue weighted by Gasteiger charge is -2.11. The molecule has 37 heavy (non-hydrogen) atoms. The number of furan rings is 1. The van der Waals surface area contributed by atoms with Crippen LogP contribution in [0, 0.1) is 11.3 Å². The Labute approximate surface area is 222 Å². The maximum absolute atomic E-state index is 13.0. The predicted octanol–water partition coefficient (Wildman–Crippen LogP) is 8.14. The normalized spacial score (nSPS) is 10.5. The van der Waals surface area contributed by atoms with Gasteiger partial charge < -0.3 is 13.9 Å². The van der Waals surface area contributed by atoms with Gasteiger partial charge in [-0.2, -0.15) is 5.26 Å². The molecular formula is C31H20BrNO4. The maximum Gasteiger partial charge on any atom is 0.343 e. The van der Waals surface area contributed by atoms with Gasteiger partial charge >= 0.3 is 5.97 Å². The second-order valence-electron chi connectivity index (χ2n) is 8.11. The minimum atomic E-state index is -0.503. The highest BCUT2D eigenvalue weighted by Crippen LogP contribution is 2.46. The maximum atomic E-state index is 13.0. The van der Waals surface area contributed by atoms with Crippen LogP contribution in [0.1, 0.15) is 15.9 Å². The van der Waals surface area contributed by atoms with Crippen molar-refractivity contribution in [3.8, 4) is 51.3 Å². The Bertz CT molecular complexity index is 1600. The van der Waals surface area contributed by atoms with Crippen LogP contribution in [0.4, 0.5) is 0 Å². The highest BCUT2D eigenvalue weighted by atomic mass is 79.9. The molecule has 0 bridgehead atoms. The fraction of sp³-hybridized carbons (Fsp3) is 0.0323. The molecule has 0 fully saturated rings. The van der Waals surface area contributed by atoms with Crippen molar-refractivity contribution in [3.05, 3.63) is 119 Å². The number of methoxy groups -OCH3 is 1. The summed E-state index contributed by atoms with van der Waals surface area (Å²) in [5.41, 5.74) is 3.40. The monoisotopic (exact) mass is 549 g/mol. The average Bonchev–Trinajstić information content (AvgIpc) is 3.33. The first kappa shape index (κ1) is 24.1. The Kier molecular flexibility index (Phi) is 6.89. The molecule has 0 spiro atoms. The first-order valence-electron chi connectivity index (χ1n) is 11.4. The van der Waals surface area contributed by atoms with Crippen molar-refractivity contribution in [1.29, 1.82) is 5.26 Å². The van der Waals surface area contributed by atoms with Gasteiger partial charge in [0.2, 0.25) is 0 Å². The Morgan fingerprint density at radius 3 is 2.14 bits per heavy atom. The Morgan fingerprint density at radius 1 is 0.811 bits per heavy atom. The van der Waals surface area contributed by atoms with Crippen LogP contribution < -0.4 is 9.47 Å². The molecule has 5 rings (SSSR count). The molecule has 0 saturated heterocycles. The summed E-state index contributed by atoms with van der Waals surface area (Å²) in [5.74, 6) is 1.45. The van der Waals surface area contributed by atoms with Gasteiger partial charge in [0, 0.05) is 21.2 Å². The molecule has 180 valence electrons. The summed E-state index contributed by atoms with van der Waals surface area (Å²) in [6, 6.07) is 33.2. The summed E-state index contributed by atoms with van der Waals surface area (Å²) in [5, 5.41) is 10.3. The van der Waals surface area contributed by atoms with E-state index in [1.165, 1.54) is 0 Å². The van der Waals surface area contributed by atoms with Crippen LogP contribution in [-0.4, -0.2) is 13.1 Å². The van der Waals surface area contributed by atoms with E-state index in [0.717, 1.165) is 15.6 Å². The molecule has 0 unspecified atom stereocenters. The zero-order valence-electron chi connectivity index (χ0n) is 19.8. The third-order valence-corrected chi connectivity index (χ3v) is 6.38. The number of benzene rings is 4. The molecule has 0 radical (unpaired) electrons. The lowest BCUT2D eigenvalue weighted by molar-refractivity contribution is 0.0735. The highest BCUT2D eigenvalue weighted by molar-refractivity contribution is 9.10. The van der Waals surface area contributed by atoms with E-state index < -0.39 is 5.97 Å². The highest BCUT2D eigenvalue weighted by Gasteiger charge is 2.26. The molecule has 4 aromatic carbocycles. The third-order valence-electron chi connectivity index (χ3n) is 5.85. The Hall–Kier alpha value is -4.60. The van der Waals surface area contributed by atoms with Crippen molar-refractivity contribution in [2.75, 3.05) is 7.11 Å². The zero-order valence-corrected chi connectivity index (χ0v) is 21.4. The summed E-state index contributed by atoms with van der Waals surface area (Å²) in [6.45, 7) is 0. The standard InChI is InChI=1S/C31H20BrNO4/c1-35-24-17-13-21(14-18-24)30-28(26(19-33)29(37-30)20-7-3-2-4-8-20)25-9-5-6-10-27(25)36-31(34)22-11-15-23(32)16-12-22/h2-18H,1H3. The number of nitriles is 1. The van der Waals surface area contributed by atoms with E-state index in [1.54, 1.807) is 43.5 Å². The number of nitrogens with zero attached hydrogens (tertiary/aromatic N) is 1. The van der Waals surface area contributed by atoms with Crippen LogP contribution in [0.2, 0.25) is 0 Å². The van der Waals surface area contributed by atoms with Crippen LogP contribution in [0.15, 0.2) is 112 Å². The van der Waals surface area contributed by atoms with E-state index in [1.807, 2.05) is 66.7 Å². The number of para-hydroxylation sites is 1. The second kappa shape index (κ2) is 10.6. The molecule has 0 aliphatic carbocycles. The molecule has 5 nitrogen and oxygen atoms in total. The molecule has 0 amide bonds. The average molecular weight is 550 g/mol. The minimum absolute atomic E-state index is 0.321. The van der Waals surface area contributed by atoms with Crippen molar-refractivity contribution in [1.82, 2.24) is 0 Å². The van der Waals surface area contributed by atoms with Crippen LogP contribution in [-0.2, 0) is 0 Å². The predicted molar refractivity (Wildman–Crippen MR) is 145 cm³/mol. The van der Waals surface area contributed by atoms with Gasteiger partial charge in [0.15, 0.2) is 5.76 Å². The molecule has 5 aromatic rings. The summed E-state index contributed by atoms with van der Waals surface area (Å²) >= 11 is 3.38. The minimum Gasteiger partial charge on any atom is -0.497 e. The summed E-state index contributed by atoms with van der Waals surface area (Å²) < 4.78 is 18.4. The van der Waals surface area contributed by atoms with E-state index in [2.05, 4.69) is 22.0 Å². The lowest BCUT2D eigenvalue weighted by atomic mass is 9.95. The van der Waals surface area contributed by atoms with Crippen LogP contribution in [0.5, 0.6) is 11.5 Å². The number of hydrogen-bond acceptors (Lipinski definition) is 5. The number of esters is 1. The number of hydrogen-bond donors (Lipinski definition) is 0. The van der Waals surface area contributed by atoms with Gasteiger partial charge in [-0.25, -0.2) is 4.79 Å². The van der Waals surface area contributed by atoms with Crippen LogP contribution in [0.3, 0.4) is 0 Å². The molecule has 0 aliphatic heterocycles. The van der Waals surface area contributed by atoms with E-state index in [0.29, 0.717) is 45.3 Å². The first-order chi connectivity index (χ1) is 18.1. The van der Waals surface area contributed by atoms with Crippen molar-refractivity contribution in [2.24, 2.45) is 0 Å². The third kappa shape index (κ3) is 4.90. The van der Waals surface area contributed by atoms with Crippen LogP contribution in [0.25, 0.3) is 33.8 Å². The van der Waals surface area contributed by atoms with Crippen molar-refractivity contribution >= 4 is 21.9 Å². The molecule has 0 N–H and O–H groups in total. The van der Waals surface area contributed by atoms with Gasteiger partial charge in [0.1, 0.15) is 28.9 Å². The fourth-order valence-electron chi connectivity index (χ4n) is 4.04. The Balaban J connectivity index is 1.69. The molecule has 0 atom stereocenters. The first-order valence-corrected chi connectivity index (χ1v) is 12.2. The lowest BCUT2D eigenvalue weighted by Crippen LogP contribution is -2.09.